The Labute approximate surface area is 232 Å². The number of carbonyl (C=O) groups excluding carboxylic acids is 3. The van der Waals surface area contributed by atoms with Gasteiger partial charge in [0.25, 0.3) is 21.8 Å². The molecule has 0 spiro atoms. The molecule has 0 unspecified atom stereocenters. The molecule has 3 N–H and O–H groups in total. The first-order chi connectivity index (χ1) is 18.5. The minimum absolute atomic E-state index is 0.0383. The van der Waals surface area contributed by atoms with Crippen LogP contribution in [0.5, 0.6) is 0 Å². The Balaban J connectivity index is 1.59. The van der Waals surface area contributed by atoms with Crippen LogP contribution in [0.2, 0.25) is 0 Å². The van der Waals surface area contributed by atoms with Crippen molar-refractivity contribution in [2.24, 2.45) is 0 Å². The zero-order chi connectivity index (χ0) is 28.3. The van der Waals surface area contributed by atoms with Crippen LogP contribution in [0.1, 0.15) is 45.0 Å². The average Bonchev–Trinajstić information content (AvgIpc) is 3.30. The molecule has 39 heavy (non-hydrogen) atoms. The number of hydrogen-bond acceptors (Lipinski definition) is 7. The molecule has 4 amide bonds. The quantitative estimate of drug-likeness (QED) is 0.399. The second-order valence-electron chi connectivity index (χ2n) is 9.34. The van der Waals surface area contributed by atoms with Gasteiger partial charge in [-0.3, -0.25) is 24.1 Å². The number of nitrogens with zero attached hydrogens (tertiary/aromatic N) is 2. The molecule has 0 saturated carbocycles. The highest BCUT2D eigenvalue weighted by atomic mass is 32.2. The van der Waals surface area contributed by atoms with E-state index in [9.17, 15) is 22.8 Å². The molecule has 12 heteroatoms. The summed E-state index contributed by atoms with van der Waals surface area (Å²) in [7, 11) is -0.951. The molecule has 2 heterocycles. The zero-order valence-electron chi connectivity index (χ0n) is 22.1. The maximum atomic E-state index is 13.2. The first kappa shape index (κ1) is 28.3. The number of carbonyl (C=O) groups is 3. The summed E-state index contributed by atoms with van der Waals surface area (Å²) in [5.74, 6) is -1.09. The maximum Gasteiger partial charge on any atom is 0.321 e. The molecule has 10 nitrogen and oxygen atoms in total. The van der Waals surface area contributed by atoms with Gasteiger partial charge < -0.3 is 10.6 Å². The predicted octanol–water partition coefficient (Wildman–Crippen LogP) is 3.66. The Hall–Kier alpha value is -3.74. The highest BCUT2D eigenvalue weighted by Gasteiger charge is 2.30. The van der Waals surface area contributed by atoms with Crippen molar-refractivity contribution in [2.75, 3.05) is 30.3 Å². The Morgan fingerprint density at radius 3 is 2.28 bits per heavy atom. The third-order valence-electron chi connectivity index (χ3n) is 6.62. The van der Waals surface area contributed by atoms with Crippen molar-refractivity contribution in [3.63, 3.8) is 0 Å². The van der Waals surface area contributed by atoms with Gasteiger partial charge in [0.1, 0.15) is 5.00 Å². The van der Waals surface area contributed by atoms with Crippen LogP contribution in [0.4, 0.5) is 15.5 Å². The third kappa shape index (κ3) is 5.97. The first-order valence-electron chi connectivity index (χ1n) is 12.4. The SMILES string of the molecule is CNC(=O)NC(=O)c1c(NC(=O)c2ccc(S(=O)(=O)N(C)c3ccccc3)cc2)sc2c1CCN(C(C)C)C2. The number of anilines is 2. The summed E-state index contributed by atoms with van der Waals surface area (Å²) in [6.45, 7) is 5.58. The number of benzene rings is 2. The van der Waals surface area contributed by atoms with Gasteiger partial charge in [-0.2, -0.15) is 0 Å². The van der Waals surface area contributed by atoms with Gasteiger partial charge in [0.2, 0.25) is 0 Å². The summed E-state index contributed by atoms with van der Waals surface area (Å²) in [5.41, 5.74) is 1.83. The van der Waals surface area contributed by atoms with Crippen molar-refractivity contribution in [2.45, 2.75) is 37.8 Å². The lowest BCUT2D eigenvalue weighted by atomic mass is 10.0. The van der Waals surface area contributed by atoms with Gasteiger partial charge >= 0.3 is 6.03 Å². The summed E-state index contributed by atoms with van der Waals surface area (Å²) >= 11 is 1.31. The molecule has 4 rings (SSSR count). The van der Waals surface area contributed by atoms with Gasteiger partial charge in [0, 0.05) is 43.7 Å². The van der Waals surface area contributed by atoms with Crippen LogP contribution >= 0.6 is 11.3 Å². The molecular formula is C27H31N5O5S2. The number of para-hydroxylation sites is 1. The number of imide groups is 1. The lowest BCUT2D eigenvalue weighted by Gasteiger charge is -2.30. The number of fused-ring (bicyclic) bond motifs is 1. The standard InChI is InChI=1S/C27H31N5O5S2/c1-17(2)32-15-14-21-22(16-32)38-26(23(21)25(34)30-27(35)28-3)29-24(33)18-10-12-20(13-11-18)39(36,37)31(4)19-8-6-5-7-9-19/h5-13,17H,14-16H2,1-4H3,(H,29,33)(H2,28,30,34,35). The first-order valence-corrected chi connectivity index (χ1v) is 14.7. The van der Waals surface area contributed by atoms with Crippen LogP contribution in [-0.4, -0.2) is 57.8 Å². The van der Waals surface area contributed by atoms with Gasteiger partial charge in [0.05, 0.1) is 16.1 Å². The van der Waals surface area contributed by atoms with Crippen LogP contribution in [0.15, 0.2) is 59.5 Å². The van der Waals surface area contributed by atoms with E-state index >= 15 is 0 Å². The summed E-state index contributed by atoms with van der Waals surface area (Å²) in [4.78, 5) is 41.3. The van der Waals surface area contributed by atoms with Crippen LogP contribution in [0.25, 0.3) is 0 Å². The summed E-state index contributed by atoms with van der Waals surface area (Å²) in [6, 6.07) is 14.0. The minimum Gasteiger partial charge on any atom is -0.341 e. The number of hydrogen-bond donors (Lipinski definition) is 3. The van der Waals surface area contributed by atoms with E-state index in [1.165, 1.54) is 54.0 Å². The van der Waals surface area contributed by atoms with Crippen LogP contribution < -0.4 is 20.3 Å². The topological polar surface area (TPSA) is 128 Å². The van der Waals surface area contributed by atoms with Gasteiger partial charge in [-0.25, -0.2) is 13.2 Å². The molecule has 3 aromatic rings. The lowest BCUT2D eigenvalue weighted by Crippen LogP contribution is -2.39. The van der Waals surface area contributed by atoms with Crippen molar-refractivity contribution >= 4 is 49.9 Å². The predicted molar refractivity (Wildman–Crippen MR) is 152 cm³/mol. The molecule has 0 bridgehead atoms. The fraction of sp³-hybridized carbons (Fsp3) is 0.296. The molecule has 1 aliphatic heterocycles. The van der Waals surface area contributed by atoms with Gasteiger partial charge in [-0.15, -0.1) is 11.3 Å². The van der Waals surface area contributed by atoms with Crippen LogP contribution in [0, 0.1) is 0 Å². The molecule has 1 aliphatic rings. The normalized spacial score (nSPS) is 13.5. The fourth-order valence-electron chi connectivity index (χ4n) is 4.31. The van der Waals surface area contributed by atoms with E-state index < -0.39 is 27.9 Å². The Bertz CT molecular complexity index is 1480. The number of rotatable bonds is 7. The molecule has 0 atom stereocenters. The number of nitrogens with one attached hydrogen (secondary N) is 3. The molecule has 1 aromatic heterocycles. The van der Waals surface area contributed by atoms with E-state index in [0.29, 0.717) is 29.7 Å². The zero-order valence-corrected chi connectivity index (χ0v) is 23.8. The second kappa shape index (κ2) is 11.6. The molecule has 0 fully saturated rings. The second-order valence-corrected chi connectivity index (χ2v) is 12.4. The molecule has 206 valence electrons. The minimum atomic E-state index is -3.83. The molecule has 0 aliphatic carbocycles. The number of urea groups is 1. The number of amides is 4. The molecular weight excluding hydrogens is 538 g/mol. The van der Waals surface area contributed by atoms with Crippen LogP contribution in [0.3, 0.4) is 0 Å². The van der Waals surface area contributed by atoms with E-state index in [0.717, 1.165) is 17.0 Å². The van der Waals surface area contributed by atoms with E-state index in [1.54, 1.807) is 30.3 Å². The highest BCUT2D eigenvalue weighted by molar-refractivity contribution is 7.92. The Morgan fingerprint density at radius 2 is 1.67 bits per heavy atom. The van der Waals surface area contributed by atoms with E-state index in [1.807, 2.05) is 0 Å². The van der Waals surface area contributed by atoms with Gasteiger partial charge in [-0.05, 0) is 62.2 Å². The van der Waals surface area contributed by atoms with Crippen molar-refractivity contribution in [3.05, 3.63) is 76.2 Å². The monoisotopic (exact) mass is 569 g/mol. The number of thiophene rings is 1. The molecule has 0 saturated heterocycles. The molecule has 0 radical (unpaired) electrons. The Morgan fingerprint density at radius 1 is 1.00 bits per heavy atom. The fourth-order valence-corrected chi connectivity index (χ4v) is 6.77. The van der Waals surface area contributed by atoms with Crippen molar-refractivity contribution in [1.29, 1.82) is 0 Å². The van der Waals surface area contributed by atoms with Crippen LogP contribution in [-0.2, 0) is 23.0 Å². The van der Waals surface area contributed by atoms with Crippen molar-refractivity contribution in [1.82, 2.24) is 15.5 Å². The summed E-state index contributed by atoms with van der Waals surface area (Å²) in [5, 5.41) is 7.83. The molecule has 2 aromatic carbocycles. The van der Waals surface area contributed by atoms with E-state index in [2.05, 4.69) is 34.7 Å². The van der Waals surface area contributed by atoms with Crippen molar-refractivity contribution in [3.8, 4) is 0 Å². The Kier molecular flexibility index (Phi) is 8.38. The summed E-state index contributed by atoms with van der Waals surface area (Å²) in [6.07, 6.45) is 0.609. The van der Waals surface area contributed by atoms with E-state index in [-0.39, 0.29) is 16.0 Å². The third-order valence-corrected chi connectivity index (χ3v) is 9.55. The van der Waals surface area contributed by atoms with Crippen molar-refractivity contribution < 1.29 is 22.8 Å². The highest BCUT2D eigenvalue weighted by Crippen LogP contribution is 2.38. The van der Waals surface area contributed by atoms with Gasteiger partial charge in [0.15, 0.2) is 0 Å². The number of sulfonamides is 1. The largest absolute Gasteiger partial charge is 0.341 e. The van der Waals surface area contributed by atoms with Gasteiger partial charge in [-0.1, -0.05) is 18.2 Å². The maximum absolute atomic E-state index is 13.2. The lowest BCUT2D eigenvalue weighted by molar-refractivity contribution is 0.0963. The summed E-state index contributed by atoms with van der Waals surface area (Å²) < 4.78 is 27.3. The van der Waals surface area contributed by atoms with E-state index in [4.69, 9.17) is 0 Å². The average molecular weight is 570 g/mol. The smallest absolute Gasteiger partial charge is 0.321 e.